The quantitative estimate of drug-likeness (QED) is 0.546. The maximum absolute atomic E-state index is 12.2. The topological polar surface area (TPSA) is 114 Å². The van der Waals surface area contributed by atoms with Gasteiger partial charge in [-0.3, -0.25) is 4.79 Å². The number of aromatic nitrogens is 1. The lowest BCUT2D eigenvalue weighted by molar-refractivity contribution is -0.120. The molecule has 0 radical (unpaired) electrons. The zero-order chi connectivity index (χ0) is 18.3. The number of nitrogens with two attached hydrogens (primary N) is 1. The number of rotatable bonds is 8. The summed E-state index contributed by atoms with van der Waals surface area (Å²) in [5, 5.41) is 2.82. The second-order valence-corrected chi connectivity index (χ2v) is 8.54. The number of halogens is 1. The van der Waals surface area contributed by atoms with Gasteiger partial charge in [-0.05, 0) is 54.1 Å². The van der Waals surface area contributed by atoms with Gasteiger partial charge in [-0.25, -0.2) is 18.1 Å². The fraction of sp³-hybridized carbons (Fsp3) is 0.500. The first-order chi connectivity index (χ1) is 11.9. The van der Waals surface area contributed by atoms with Gasteiger partial charge in [0.2, 0.25) is 15.9 Å². The summed E-state index contributed by atoms with van der Waals surface area (Å²) in [5.74, 6) is -0.264. The van der Waals surface area contributed by atoms with Gasteiger partial charge in [-0.2, -0.15) is 0 Å². The molecule has 4 N–H and O–H groups in total. The van der Waals surface area contributed by atoms with Gasteiger partial charge >= 0.3 is 0 Å². The molecule has 2 rings (SSSR count). The van der Waals surface area contributed by atoms with E-state index >= 15 is 0 Å². The van der Waals surface area contributed by atoms with Crippen LogP contribution in [0.5, 0.6) is 0 Å². The number of allylic oxidation sites excluding steroid dienone is 1. The van der Waals surface area contributed by atoms with Crippen LogP contribution >= 0.6 is 15.9 Å². The highest BCUT2D eigenvalue weighted by atomic mass is 79.9. The first-order valence-corrected chi connectivity index (χ1v) is 10.5. The summed E-state index contributed by atoms with van der Waals surface area (Å²) in [6, 6.07) is 1.38. The van der Waals surface area contributed by atoms with Crippen LogP contribution in [0.3, 0.4) is 0 Å². The largest absolute Gasteiger partial charge is 0.383 e. The lowest BCUT2D eigenvalue weighted by Gasteiger charge is -2.13. The Balaban J connectivity index is 1.74. The van der Waals surface area contributed by atoms with E-state index < -0.39 is 10.0 Å². The lowest BCUT2D eigenvalue weighted by atomic mass is 9.97. The molecule has 0 spiro atoms. The van der Waals surface area contributed by atoms with E-state index in [1.807, 2.05) is 0 Å². The number of hydrogen-bond donors (Lipinski definition) is 3. The highest BCUT2D eigenvalue weighted by Gasteiger charge is 2.19. The number of amides is 1. The minimum atomic E-state index is -3.80. The number of nitrogens with zero attached hydrogens (tertiary/aromatic N) is 1. The predicted octanol–water partition coefficient (Wildman–Crippen LogP) is 2.10. The van der Waals surface area contributed by atoms with E-state index in [1.54, 1.807) is 0 Å². The van der Waals surface area contributed by atoms with Crippen molar-refractivity contribution in [2.24, 2.45) is 0 Å². The van der Waals surface area contributed by atoms with Crippen LogP contribution in [0.4, 0.5) is 5.82 Å². The monoisotopic (exact) mass is 430 g/mol. The van der Waals surface area contributed by atoms with Crippen molar-refractivity contribution in [3.05, 3.63) is 28.4 Å². The van der Waals surface area contributed by atoms with Crippen LogP contribution in [0, 0.1) is 0 Å². The van der Waals surface area contributed by atoms with E-state index in [0.29, 0.717) is 11.0 Å². The molecule has 1 aliphatic rings. The maximum Gasteiger partial charge on any atom is 0.244 e. The highest BCUT2D eigenvalue weighted by molar-refractivity contribution is 9.10. The normalized spacial score (nSPS) is 14.8. The average molecular weight is 431 g/mol. The smallest absolute Gasteiger partial charge is 0.244 e. The molecule has 7 nitrogen and oxygen atoms in total. The van der Waals surface area contributed by atoms with Gasteiger partial charge in [0.25, 0.3) is 0 Å². The Hall–Kier alpha value is -1.45. The number of nitrogens with one attached hydrogen (secondary N) is 2. The van der Waals surface area contributed by atoms with Crippen molar-refractivity contribution in [1.29, 1.82) is 0 Å². The molecule has 1 amide bonds. The molecule has 0 saturated heterocycles. The molecule has 1 heterocycles. The van der Waals surface area contributed by atoms with Crippen LogP contribution in [0.2, 0.25) is 0 Å². The van der Waals surface area contributed by atoms with Gasteiger partial charge in [-0.15, -0.1) is 0 Å². The van der Waals surface area contributed by atoms with Crippen LogP contribution in [0.15, 0.2) is 33.3 Å². The summed E-state index contributed by atoms with van der Waals surface area (Å²) in [4.78, 5) is 15.5. The zero-order valence-corrected chi connectivity index (χ0v) is 16.3. The number of sulfonamides is 1. The first-order valence-electron chi connectivity index (χ1n) is 8.24. The molecule has 9 heteroatoms. The third-order valence-electron chi connectivity index (χ3n) is 3.94. The second kappa shape index (κ2) is 9.30. The van der Waals surface area contributed by atoms with Crippen molar-refractivity contribution in [1.82, 2.24) is 15.0 Å². The molecular formula is C16H23BrN4O3S. The third kappa shape index (κ3) is 6.41. The summed E-state index contributed by atoms with van der Waals surface area (Å²) in [6.45, 7) is 0.586. The fourth-order valence-corrected chi connectivity index (χ4v) is 4.23. The molecule has 138 valence electrons. The van der Waals surface area contributed by atoms with Crippen molar-refractivity contribution < 1.29 is 13.2 Å². The Morgan fingerprint density at radius 1 is 1.32 bits per heavy atom. The molecular weight excluding hydrogens is 408 g/mol. The summed E-state index contributed by atoms with van der Waals surface area (Å²) in [6.07, 6.45) is 9.29. The Bertz CT molecular complexity index is 750. The molecule has 0 unspecified atom stereocenters. The number of carbonyl (C=O) groups is 1. The number of hydrogen-bond acceptors (Lipinski definition) is 5. The minimum absolute atomic E-state index is 0.00279. The van der Waals surface area contributed by atoms with E-state index in [4.69, 9.17) is 5.73 Å². The Kier molecular flexibility index (Phi) is 7.39. The second-order valence-electron chi connectivity index (χ2n) is 5.89. The summed E-state index contributed by atoms with van der Waals surface area (Å²) in [5.41, 5.74) is 7.00. The molecule has 25 heavy (non-hydrogen) atoms. The molecule has 0 fully saturated rings. The minimum Gasteiger partial charge on any atom is -0.383 e. The van der Waals surface area contributed by atoms with Crippen LogP contribution in [0.25, 0.3) is 0 Å². The van der Waals surface area contributed by atoms with Gasteiger partial charge in [0.1, 0.15) is 10.7 Å². The SMILES string of the molecule is Nc1ncc(Br)cc1S(=O)(=O)NCCC(=O)NCCC1=CCCCC1. The van der Waals surface area contributed by atoms with Gasteiger partial charge in [0, 0.05) is 30.2 Å². The van der Waals surface area contributed by atoms with Gasteiger partial charge in [-0.1, -0.05) is 11.6 Å². The van der Waals surface area contributed by atoms with Crippen molar-refractivity contribution in [2.75, 3.05) is 18.8 Å². The summed E-state index contributed by atoms with van der Waals surface area (Å²) >= 11 is 3.16. The van der Waals surface area contributed by atoms with Crippen molar-refractivity contribution in [3.63, 3.8) is 0 Å². The maximum atomic E-state index is 12.2. The molecule has 0 atom stereocenters. The van der Waals surface area contributed by atoms with Crippen molar-refractivity contribution in [3.8, 4) is 0 Å². The Morgan fingerprint density at radius 2 is 2.12 bits per heavy atom. The highest BCUT2D eigenvalue weighted by Crippen LogP contribution is 2.20. The molecule has 0 bridgehead atoms. The van der Waals surface area contributed by atoms with E-state index in [1.165, 1.54) is 30.7 Å². The van der Waals surface area contributed by atoms with Crippen LogP contribution in [-0.2, 0) is 14.8 Å². The molecule has 0 aromatic carbocycles. The van der Waals surface area contributed by atoms with Gasteiger partial charge in [0.15, 0.2) is 0 Å². The van der Waals surface area contributed by atoms with E-state index in [9.17, 15) is 13.2 Å². The zero-order valence-electron chi connectivity index (χ0n) is 13.9. The Morgan fingerprint density at radius 3 is 2.84 bits per heavy atom. The van der Waals surface area contributed by atoms with E-state index in [0.717, 1.165) is 19.3 Å². The van der Waals surface area contributed by atoms with Gasteiger partial charge in [0.05, 0.1) is 0 Å². The standard InChI is InChI=1S/C16H23BrN4O3S/c17-13-10-14(16(18)20-11-13)25(23,24)21-9-7-15(22)19-8-6-12-4-2-1-3-5-12/h4,10-11,21H,1-3,5-9H2,(H2,18,20)(H,19,22). The summed E-state index contributed by atoms with van der Waals surface area (Å²) in [7, 11) is -3.80. The van der Waals surface area contributed by atoms with Crippen LogP contribution in [0.1, 0.15) is 38.5 Å². The van der Waals surface area contributed by atoms with Gasteiger partial charge < -0.3 is 11.1 Å². The Labute approximate surface area is 156 Å². The van der Waals surface area contributed by atoms with Crippen molar-refractivity contribution >= 4 is 37.7 Å². The number of anilines is 1. The lowest BCUT2D eigenvalue weighted by Crippen LogP contribution is -2.31. The molecule has 0 saturated carbocycles. The third-order valence-corrected chi connectivity index (χ3v) is 5.86. The fourth-order valence-electron chi connectivity index (χ4n) is 2.61. The van der Waals surface area contributed by atoms with Crippen LogP contribution in [-0.4, -0.2) is 32.4 Å². The number of pyridine rings is 1. The number of nitrogen functional groups attached to an aromatic ring is 1. The van der Waals surface area contributed by atoms with E-state index in [2.05, 4.69) is 37.0 Å². The molecule has 1 aliphatic carbocycles. The average Bonchev–Trinajstić information content (AvgIpc) is 2.58. The van der Waals surface area contributed by atoms with E-state index in [-0.39, 0.29) is 29.6 Å². The molecule has 0 aliphatic heterocycles. The van der Waals surface area contributed by atoms with Crippen LogP contribution < -0.4 is 15.8 Å². The molecule has 1 aromatic heterocycles. The number of carbonyl (C=O) groups excluding carboxylic acids is 1. The first kappa shape index (κ1) is 19.9. The molecule has 1 aromatic rings. The predicted molar refractivity (Wildman–Crippen MR) is 100 cm³/mol. The summed E-state index contributed by atoms with van der Waals surface area (Å²) < 4.78 is 27.3. The van der Waals surface area contributed by atoms with Crippen molar-refractivity contribution in [2.45, 2.75) is 43.4 Å².